The van der Waals surface area contributed by atoms with Gasteiger partial charge in [0.2, 0.25) is 0 Å². The Balaban J connectivity index is 1.90. The molecular formula is C14H19BrN2O. The third kappa shape index (κ3) is 3.33. The fourth-order valence-corrected chi connectivity index (χ4v) is 2.69. The zero-order valence-corrected chi connectivity index (χ0v) is 12.3. The lowest BCUT2D eigenvalue weighted by atomic mass is 10.2. The Bertz CT molecular complexity index is 416. The van der Waals surface area contributed by atoms with Crippen LogP contribution in [-0.4, -0.2) is 48.9 Å². The van der Waals surface area contributed by atoms with Crippen molar-refractivity contribution < 1.29 is 4.79 Å². The summed E-state index contributed by atoms with van der Waals surface area (Å²) < 4.78 is 0.864. The van der Waals surface area contributed by atoms with Gasteiger partial charge in [-0.3, -0.25) is 4.79 Å². The molecule has 1 aromatic carbocycles. The molecule has 0 spiro atoms. The number of benzene rings is 1. The number of nitrogens with zero attached hydrogens (tertiary/aromatic N) is 2. The number of rotatable bonds is 4. The quantitative estimate of drug-likeness (QED) is 0.853. The highest BCUT2D eigenvalue weighted by atomic mass is 79.9. The van der Waals surface area contributed by atoms with E-state index >= 15 is 0 Å². The summed E-state index contributed by atoms with van der Waals surface area (Å²) in [7, 11) is 1.87. The number of hydrogen-bond acceptors (Lipinski definition) is 2. The van der Waals surface area contributed by atoms with Crippen LogP contribution in [0.1, 0.15) is 23.2 Å². The smallest absolute Gasteiger partial charge is 0.254 e. The van der Waals surface area contributed by atoms with Crippen LogP contribution >= 0.6 is 15.9 Å². The molecule has 1 fully saturated rings. The number of hydrogen-bond donors (Lipinski definition) is 0. The van der Waals surface area contributed by atoms with E-state index in [9.17, 15) is 4.79 Å². The number of halogens is 1. The van der Waals surface area contributed by atoms with Gasteiger partial charge in [0.05, 0.1) is 5.56 Å². The van der Waals surface area contributed by atoms with Crippen LogP contribution in [0.4, 0.5) is 0 Å². The monoisotopic (exact) mass is 310 g/mol. The maximum absolute atomic E-state index is 12.2. The normalized spacial score (nSPS) is 15.9. The Hall–Kier alpha value is -0.870. The van der Waals surface area contributed by atoms with Gasteiger partial charge in [-0.2, -0.15) is 0 Å². The fourth-order valence-electron chi connectivity index (χ4n) is 2.24. The molecular weight excluding hydrogens is 292 g/mol. The third-order valence-electron chi connectivity index (χ3n) is 3.40. The molecule has 1 heterocycles. The number of likely N-dealkylation sites (N-methyl/N-ethyl adjacent to an activating group) is 1. The summed E-state index contributed by atoms with van der Waals surface area (Å²) in [6.45, 7) is 4.13. The number of carbonyl (C=O) groups is 1. The standard InChI is InChI=1S/C14H19BrN2O/c1-16(10-11-17-8-4-5-9-17)14(18)12-6-2-3-7-13(12)15/h2-3,6-7H,4-5,8-11H2,1H3. The fraction of sp³-hybridized carbons (Fsp3) is 0.500. The molecule has 1 amide bonds. The van der Waals surface area contributed by atoms with Crippen LogP contribution in [-0.2, 0) is 0 Å². The van der Waals surface area contributed by atoms with Crippen molar-refractivity contribution in [2.75, 3.05) is 33.2 Å². The molecule has 0 unspecified atom stereocenters. The maximum Gasteiger partial charge on any atom is 0.254 e. The van der Waals surface area contributed by atoms with Crippen molar-refractivity contribution in [3.8, 4) is 0 Å². The van der Waals surface area contributed by atoms with Crippen molar-refractivity contribution in [1.82, 2.24) is 9.80 Å². The summed E-state index contributed by atoms with van der Waals surface area (Å²) in [5.74, 6) is 0.0849. The van der Waals surface area contributed by atoms with Crippen LogP contribution < -0.4 is 0 Å². The van der Waals surface area contributed by atoms with Crippen LogP contribution in [0, 0.1) is 0 Å². The van der Waals surface area contributed by atoms with Crippen molar-refractivity contribution >= 4 is 21.8 Å². The van der Waals surface area contributed by atoms with E-state index < -0.39 is 0 Å². The average molecular weight is 311 g/mol. The number of likely N-dealkylation sites (tertiary alicyclic amines) is 1. The molecule has 0 aromatic heterocycles. The van der Waals surface area contributed by atoms with Gasteiger partial charge in [0.1, 0.15) is 0 Å². The predicted octanol–water partition coefficient (Wildman–Crippen LogP) is 2.62. The van der Waals surface area contributed by atoms with Crippen LogP contribution in [0.25, 0.3) is 0 Å². The van der Waals surface area contributed by atoms with E-state index in [-0.39, 0.29) is 5.91 Å². The van der Waals surface area contributed by atoms with Gasteiger partial charge in [-0.05, 0) is 54.0 Å². The Labute approximate surface area is 117 Å². The van der Waals surface area contributed by atoms with Gasteiger partial charge in [-0.15, -0.1) is 0 Å². The molecule has 2 rings (SSSR count). The lowest BCUT2D eigenvalue weighted by molar-refractivity contribution is 0.0781. The molecule has 98 valence electrons. The third-order valence-corrected chi connectivity index (χ3v) is 4.09. The van der Waals surface area contributed by atoms with E-state index in [0.717, 1.165) is 23.1 Å². The van der Waals surface area contributed by atoms with E-state index in [4.69, 9.17) is 0 Å². The Morgan fingerprint density at radius 1 is 1.33 bits per heavy atom. The minimum Gasteiger partial charge on any atom is -0.340 e. The van der Waals surface area contributed by atoms with Gasteiger partial charge in [0.25, 0.3) is 5.91 Å². The van der Waals surface area contributed by atoms with Crippen LogP contribution in [0.15, 0.2) is 28.7 Å². The Morgan fingerprint density at radius 3 is 2.67 bits per heavy atom. The molecule has 0 bridgehead atoms. The van der Waals surface area contributed by atoms with E-state index in [0.29, 0.717) is 0 Å². The van der Waals surface area contributed by atoms with Crippen molar-refractivity contribution in [3.63, 3.8) is 0 Å². The van der Waals surface area contributed by atoms with Gasteiger partial charge in [0, 0.05) is 24.6 Å². The highest BCUT2D eigenvalue weighted by molar-refractivity contribution is 9.10. The molecule has 1 aliphatic heterocycles. The topological polar surface area (TPSA) is 23.6 Å². The summed E-state index contributed by atoms with van der Waals surface area (Å²) >= 11 is 3.42. The minimum atomic E-state index is 0.0849. The first-order chi connectivity index (χ1) is 8.68. The number of amides is 1. The second kappa shape index (κ2) is 6.34. The average Bonchev–Trinajstić information content (AvgIpc) is 2.89. The molecule has 18 heavy (non-hydrogen) atoms. The van der Waals surface area contributed by atoms with Crippen molar-refractivity contribution in [2.45, 2.75) is 12.8 Å². The first-order valence-corrected chi connectivity index (χ1v) is 7.20. The summed E-state index contributed by atoms with van der Waals surface area (Å²) in [5, 5.41) is 0. The zero-order valence-electron chi connectivity index (χ0n) is 10.7. The van der Waals surface area contributed by atoms with Gasteiger partial charge < -0.3 is 9.80 Å². The zero-order chi connectivity index (χ0) is 13.0. The van der Waals surface area contributed by atoms with Gasteiger partial charge in [-0.25, -0.2) is 0 Å². The summed E-state index contributed by atoms with van der Waals surface area (Å²) in [6, 6.07) is 7.58. The summed E-state index contributed by atoms with van der Waals surface area (Å²) in [4.78, 5) is 16.5. The van der Waals surface area contributed by atoms with Gasteiger partial charge >= 0.3 is 0 Å². The van der Waals surface area contributed by atoms with E-state index in [1.165, 1.54) is 25.9 Å². The molecule has 1 aliphatic rings. The molecule has 0 radical (unpaired) electrons. The molecule has 0 N–H and O–H groups in total. The second-order valence-electron chi connectivity index (χ2n) is 4.76. The molecule has 0 aliphatic carbocycles. The van der Waals surface area contributed by atoms with Gasteiger partial charge in [0.15, 0.2) is 0 Å². The van der Waals surface area contributed by atoms with Crippen LogP contribution in [0.5, 0.6) is 0 Å². The maximum atomic E-state index is 12.2. The van der Waals surface area contributed by atoms with Crippen molar-refractivity contribution in [3.05, 3.63) is 34.3 Å². The van der Waals surface area contributed by atoms with Crippen LogP contribution in [0.2, 0.25) is 0 Å². The largest absolute Gasteiger partial charge is 0.340 e. The lowest BCUT2D eigenvalue weighted by Crippen LogP contribution is -2.35. The first kappa shape index (κ1) is 13.6. The molecule has 1 saturated heterocycles. The Kier molecular flexibility index (Phi) is 4.78. The highest BCUT2D eigenvalue weighted by Gasteiger charge is 2.16. The van der Waals surface area contributed by atoms with Crippen LogP contribution in [0.3, 0.4) is 0 Å². The van der Waals surface area contributed by atoms with Crippen molar-refractivity contribution in [1.29, 1.82) is 0 Å². The second-order valence-corrected chi connectivity index (χ2v) is 5.61. The predicted molar refractivity (Wildman–Crippen MR) is 76.8 cm³/mol. The summed E-state index contributed by atoms with van der Waals surface area (Å²) in [6.07, 6.45) is 2.59. The van der Waals surface area contributed by atoms with E-state index in [1.54, 1.807) is 4.90 Å². The molecule has 0 saturated carbocycles. The van der Waals surface area contributed by atoms with E-state index in [2.05, 4.69) is 20.8 Å². The molecule has 1 aromatic rings. The molecule has 4 heteroatoms. The molecule has 0 atom stereocenters. The Morgan fingerprint density at radius 2 is 2.00 bits per heavy atom. The van der Waals surface area contributed by atoms with E-state index in [1.807, 2.05) is 31.3 Å². The summed E-state index contributed by atoms with van der Waals surface area (Å²) in [5.41, 5.74) is 0.737. The highest BCUT2D eigenvalue weighted by Crippen LogP contribution is 2.17. The first-order valence-electron chi connectivity index (χ1n) is 6.41. The van der Waals surface area contributed by atoms with Gasteiger partial charge in [-0.1, -0.05) is 12.1 Å². The minimum absolute atomic E-state index is 0.0849. The lowest BCUT2D eigenvalue weighted by Gasteiger charge is -2.22. The number of carbonyl (C=O) groups excluding carboxylic acids is 1. The van der Waals surface area contributed by atoms with Crippen molar-refractivity contribution in [2.24, 2.45) is 0 Å². The SMILES string of the molecule is CN(CCN1CCCC1)C(=O)c1ccccc1Br. The molecule has 3 nitrogen and oxygen atoms in total.